The molecule has 0 aliphatic carbocycles. The number of benzene rings is 3. The first-order valence-corrected chi connectivity index (χ1v) is 14.1. The van der Waals surface area contributed by atoms with Crippen LogP contribution in [0.25, 0.3) is 11.3 Å². The molecule has 1 aromatic heterocycles. The van der Waals surface area contributed by atoms with Crippen molar-refractivity contribution in [2.75, 3.05) is 11.9 Å². The molecule has 186 valence electrons. The summed E-state index contributed by atoms with van der Waals surface area (Å²) in [6.07, 6.45) is 0. The number of nitrogens with one attached hydrogen (secondary N) is 1. The van der Waals surface area contributed by atoms with Gasteiger partial charge in [0.25, 0.3) is 0 Å². The summed E-state index contributed by atoms with van der Waals surface area (Å²) in [4.78, 5) is 17.5. The fourth-order valence-electron chi connectivity index (χ4n) is 3.44. The largest absolute Gasteiger partial charge is 0.325 e. The molecule has 1 amide bonds. The average Bonchev–Trinajstić information content (AvgIpc) is 3.28. The minimum absolute atomic E-state index is 0.0145. The zero-order chi connectivity index (χ0) is 25.9. The van der Waals surface area contributed by atoms with Crippen LogP contribution in [-0.2, 0) is 21.4 Å². The number of aryl methyl sites for hydroxylation is 1. The van der Waals surface area contributed by atoms with Gasteiger partial charge in [0.1, 0.15) is 0 Å². The summed E-state index contributed by atoms with van der Waals surface area (Å²) in [5.41, 5.74) is 2.76. The van der Waals surface area contributed by atoms with Crippen LogP contribution in [0.15, 0.2) is 77.0 Å². The summed E-state index contributed by atoms with van der Waals surface area (Å²) in [7, 11) is -4.05. The molecule has 6 nitrogen and oxygen atoms in total. The van der Waals surface area contributed by atoms with Gasteiger partial charge < -0.3 is 5.32 Å². The lowest BCUT2D eigenvalue weighted by atomic mass is 10.1. The van der Waals surface area contributed by atoms with Crippen molar-refractivity contribution in [1.29, 1.82) is 0 Å². The minimum atomic E-state index is -4.05. The fourth-order valence-corrected chi connectivity index (χ4v) is 5.89. The summed E-state index contributed by atoms with van der Waals surface area (Å²) in [5.74, 6) is -0.501. The summed E-state index contributed by atoms with van der Waals surface area (Å²) in [6.45, 7) is 1.40. The van der Waals surface area contributed by atoms with E-state index in [2.05, 4.69) is 10.3 Å². The molecule has 0 unspecified atom stereocenters. The van der Waals surface area contributed by atoms with E-state index >= 15 is 0 Å². The summed E-state index contributed by atoms with van der Waals surface area (Å²) in [6, 6.07) is 17.8. The number of hydrogen-bond donors (Lipinski definition) is 1. The second-order valence-corrected chi connectivity index (χ2v) is 12.1. The molecule has 0 atom stereocenters. The standard InChI is InChI=1S/C25H20Cl3N3O3S2/c1-16-29-24(15-35-16)18-3-2-4-20(12-18)30-25(32)14-31(13-17-5-10-22(27)23(28)11-17)36(33,34)21-8-6-19(26)7-9-21/h2-12,15H,13-14H2,1H3,(H,30,32). The number of anilines is 1. The van der Waals surface area contributed by atoms with Crippen molar-refractivity contribution in [2.45, 2.75) is 18.4 Å². The predicted octanol–water partition coefficient (Wildman–Crippen LogP) is 6.91. The van der Waals surface area contributed by atoms with Crippen LogP contribution in [0.1, 0.15) is 10.6 Å². The smallest absolute Gasteiger partial charge is 0.243 e. The highest BCUT2D eigenvalue weighted by Gasteiger charge is 2.27. The Labute approximate surface area is 228 Å². The fraction of sp³-hybridized carbons (Fsp3) is 0.120. The quantitative estimate of drug-likeness (QED) is 0.246. The van der Waals surface area contributed by atoms with E-state index in [-0.39, 0.29) is 16.5 Å². The van der Waals surface area contributed by atoms with Gasteiger partial charge in [-0.3, -0.25) is 4.79 Å². The van der Waals surface area contributed by atoms with Crippen molar-refractivity contribution in [3.63, 3.8) is 0 Å². The number of nitrogens with zero attached hydrogens (tertiary/aromatic N) is 2. The van der Waals surface area contributed by atoms with E-state index in [4.69, 9.17) is 34.8 Å². The Balaban J connectivity index is 1.59. The van der Waals surface area contributed by atoms with Crippen molar-refractivity contribution in [1.82, 2.24) is 9.29 Å². The van der Waals surface area contributed by atoms with E-state index in [9.17, 15) is 13.2 Å². The van der Waals surface area contributed by atoms with E-state index in [1.807, 2.05) is 18.4 Å². The van der Waals surface area contributed by atoms with Crippen molar-refractivity contribution in [2.24, 2.45) is 0 Å². The Morgan fingerprint density at radius 3 is 2.42 bits per heavy atom. The Morgan fingerprint density at radius 1 is 1.00 bits per heavy atom. The second kappa shape index (κ2) is 11.3. The lowest BCUT2D eigenvalue weighted by molar-refractivity contribution is -0.116. The molecule has 4 rings (SSSR count). The first kappa shape index (κ1) is 26.6. The van der Waals surface area contributed by atoms with Gasteiger partial charge in [0.05, 0.1) is 32.2 Å². The molecule has 0 saturated carbocycles. The van der Waals surface area contributed by atoms with E-state index < -0.39 is 22.5 Å². The molecule has 0 aliphatic heterocycles. The molecule has 0 aliphatic rings. The molecule has 0 fully saturated rings. The molecule has 4 aromatic rings. The van der Waals surface area contributed by atoms with Crippen LogP contribution in [0.2, 0.25) is 15.1 Å². The van der Waals surface area contributed by atoms with Gasteiger partial charge in [0.2, 0.25) is 15.9 Å². The van der Waals surface area contributed by atoms with Gasteiger partial charge in [-0.25, -0.2) is 13.4 Å². The number of halogens is 3. The highest BCUT2D eigenvalue weighted by molar-refractivity contribution is 7.89. The van der Waals surface area contributed by atoms with Crippen molar-refractivity contribution in [3.8, 4) is 11.3 Å². The maximum atomic E-state index is 13.5. The molecule has 36 heavy (non-hydrogen) atoms. The normalized spacial score (nSPS) is 11.6. The topological polar surface area (TPSA) is 79.4 Å². The van der Waals surface area contributed by atoms with Crippen LogP contribution >= 0.6 is 46.1 Å². The molecule has 11 heteroatoms. The average molecular weight is 581 g/mol. The first-order chi connectivity index (χ1) is 17.1. The Hall–Kier alpha value is -2.46. The third kappa shape index (κ3) is 6.45. The maximum Gasteiger partial charge on any atom is 0.243 e. The van der Waals surface area contributed by atoms with Crippen LogP contribution in [0.3, 0.4) is 0 Å². The van der Waals surface area contributed by atoms with Crippen LogP contribution < -0.4 is 5.32 Å². The molecule has 0 radical (unpaired) electrons. The number of amides is 1. The van der Waals surface area contributed by atoms with Gasteiger partial charge in [-0.1, -0.05) is 53.0 Å². The number of thiazole rings is 1. The second-order valence-electron chi connectivity index (χ2n) is 7.86. The van der Waals surface area contributed by atoms with Crippen LogP contribution in [0.5, 0.6) is 0 Å². The monoisotopic (exact) mass is 579 g/mol. The summed E-state index contributed by atoms with van der Waals surface area (Å²) >= 11 is 19.6. The van der Waals surface area contributed by atoms with Gasteiger partial charge in [-0.15, -0.1) is 11.3 Å². The van der Waals surface area contributed by atoms with Gasteiger partial charge in [0.15, 0.2) is 0 Å². The molecule has 1 heterocycles. The van der Waals surface area contributed by atoms with Crippen molar-refractivity contribution >= 4 is 67.8 Å². The molecular formula is C25H20Cl3N3O3S2. The molecular weight excluding hydrogens is 561 g/mol. The van der Waals surface area contributed by atoms with Crippen LogP contribution in [-0.4, -0.2) is 30.2 Å². The van der Waals surface area contributed by atoms with Crippen LogP contribution in [0, 0.1) is 6.92 Å². The van der Waals surface area contributed by atoms with Crippen molar-refractivity contribution < 1.29 is 13.2 Å². The number of carbonyl (C=O) groups excluding carboxylic acids is 1. The highest BCUT2D eigenvalue weighted by atomic mass is 35.5. The Bertz CT molecular complexity index is 1510. The third-order valence-corrected chi connectivity index (χ3v) is 8.75. The Kier molecular flexibility index (Phi) is 8.34. The SMILES string of the molecule is Cc1nc(-c2cccc(NC(=O)CN(Cc3ccc(Cl)c(Cl)c3)S(=O)(=O)c3ccc(Cl)cc3)c2)cs1. The number of hydrogen-bond acceptors (Lipinski definition) is 5. The van der Waals surface area contributed by atoms with E-state index in [0.29, 0.717) is 21.3 Å². The summed E-state index contributed by atoms with van der Waals surface area (Å²) in [5, 5.41) is 6.70. The minimum Gasteiger partial charge on any atom is -0.325 e. The number of carbonyl (C=O) groups is 1. The van der Waals surface area contributed by atoms with Gasteiger partial charge in [0, 0.05) is 28.2 Å². The zero-order valence-electron chi connectivity index (χ0n) is 18.9. The lowest BCUT2D eigenvalue weighted by Crippen LogP contribution is -2.37. The van der Waals surface area contributed by atoms with Gasteiger partial charge in [-0.2, -0.15) is 4.31 Å². The van der Waals surface area contributed by atoms with Crippen LogP contribution in [0.4, 0.5) is 5.69 Å². The molecule has 0 spiro atoms. The van der Waals surface area contributed by atoms with E-state index in [1.54, 1.807) is 36.4 Å². The third-order valence-electron chi connectivity index (χ3n) is 5.18. The van der Waals surface area contributed by atoms with E-state index in [1.165, 1.54) is 35.6 Å². The first-order valence-electron chi connectivity index (χ1n) is 10.6. The maximum absolute atomic E-state index is 13.5. The molecule has 0 saturated heterocycles. The lowest BCUT2D eigenvalue weighted by Gasteiger charge is -2.22. The summed E-state index contributed by atoms with van der Waals surface area (Å²) < 4.78 is 28.0. The number of sulfonamides is 1. The molecule has 3 aromatic carbocycles. The molecule has 0 bridgehead atoms. The predicted molar refractivity (Wildman–Crippen MR) is 146 cm³/mol. The Morgan fingerprint density at radius 2 is 1.75 bits per heavy atom. The highest BCUT2D eigenvalue weighted by Crippen LogP contribution is 2.27. The zero-order valence-corrected chi connectivity index (χ0v) is 22.8. The van der Waals surface area contributed by atoms with Gasteiger partial charge in [-0.05, 0) is 61.0 Å². The molecule has 1 N–H and O–H groups in total. The van der Waals surface area contributed by atoms with Crippen molar-refractivity contribution in [3.05, 3.63) is 97.7 Å². The number of aromatic nitrogens is 1. The number of rotatable bonds is 8. The van der Waals surface area contributed by atoms with E-state index in [0.717, 1.165) is 20.6 Å². The van der Waals surface area contributed by atoms with Gasteiger partial charge >= 0.3 is 0 Å².